The van der Waals surface area contributed by atoms with Crippen LogP contribution in [0.5, 0.6) is 0 Å². The van der Waals surface area contributed by atoms with Crippen molar-refractivity contribution in [1.82, 2.24) is 25.1 Å². The lowest BCUT2D eigenvalue weighted by Gasteiger charge is -2.43. The van der Waals surface area contributed by atoms with Gasteiger partial charge in [0.15, 0.2) is 17.0 Å². The summed E-state index contributed by atoms with van der Waals surface area (Å²) in [6, 6.07) is 4.51. The Bertz CT molecular complexity index is 1150. The fourth-order valence-electron chi connectivity index (χ4n) is 6.51. The molecule has 160 valence electrons. The van der Waals surface area contributed by atoms with Crippen LogP contribution in [0.25, 0.3) is 11.2 Å². The van der Waals surface area contributed by atoms with Crippen molar-refractivity contribution in [3.8, 4) is 0 Å². The average molecular weight is 417 g/mol. The first-order valence-electron chi connectivity index (χ1n) is 11.6. The van der Waals surface area contributed by atoms with Crippen molar-refractivity contribution >= 4 is 28.5 Å². The molecule has 8 nitrogen and oxygen atoms in total. The van der Waals surface area contributed by atoms with Crippen molar-refractivity contribution in [2.45, 2.75) is 44.6 Å². The Hall–Kier alpha value is -2.74. The predicted octanol–water partition coefficient (Wildman–Crippen LogP) is 2.79. The standard InChI is InChI=1S/C23H28N8/c24-20-15-11-14(15)12-23(20)5-9-30(10-6-23)18-13-26-19-21(27-18)28-29-22(19)31-8-2-3-16-17(31)4-1-7-25-16/h1,4,7,13-15,20H,2-3,5-6,8-12,24H2,(H,27,28,29)/t14?,15-,20?/m1/s1. The zero-order chi connectivity index (χ0) is 20.6. The van der Waals surface area contributed by atoms with Crippen LogP contribution in [0.4, 0.5) is 17.3 Å². The van der Waals surface area contributed by atoms with Gasteiger partial charge in [0, 0.05) is 31.9 Å². The minimum absolute atomic E-state index is 0.373. The number of aromatic nitrogens is 5. The van der Waals surface area contributed by atoms with Crippen LogP contribution in [0, 0.1) is 17.3 Å². The molecule has 7 rings (SSSR count). The molecule has 2 saturated carbocycles. The molecular formula is C23H28N8. The largest absolute Gasteiger partial charge is 0.355 e. The smallest absolute Gasteiger partial charge is 0.183 e. The first-order valence-corrected chi connectivity index (χ1v) is 11.6. The fraction of sp³-hybridized carbons (Fsp3) is 0.565. The summed E-state index contributed by atoms with van der Waals surface area (Å²) in [6.45, 7) is 2.94. The van der Waals surface area contributed by atoms with Gasteiger partial charge in [-0.2, -0.15) is 5.10 Å². The Labute approximate surface area is 181 Å². The number of piperidine rings is 1. The zero-order valence-electron chi connectivity index (χ0n) is 17.7. The van der Waals surface area contributed by atoms with Gasteiger partial charge in [-0.3, -0.25) is 10.1 Å². The number of anilines is 3. The van der Waals surface area contributed by atoms with Crippen molar-refractivity contribution in [3.63, 3.8) is 0 Å². The third-order valence-corrected chi connectivity index (χ3v) is 8.34. The third kappa shape index (κ3) is 2.63. The second kappa shape index (κ2) is 6.38. The van der Waals surface area contributed by atoms with Gasteiger partial charge < -0.3 is 15.5 Å². The molecule has 3 fully saturated rings. The minimum Gasteiger partial charge on any atom is -0.355 e. The van der Waals surface area contributed by atoms with E-state index in [1.165, 1.54) is 25.7 Å². The van der Waals surface area contributed by atoms with E-state index >= 15 is 0 Å². The second-order valence-electron chi connectivity index (χ2n) is 9.94. The van der Waals surface area contributed by atoms with Gasteiger partial charge >= 0.3 is 0 Å². The molecule has 3 aromatic heterocycles. The molecule has 8 heteroatoms. The van der Waals surface area contributed by atoms with E-state index in [-0.39, 0.29) is 0 Å². The van der Waals surface area contributed by atoms with E-state index in [0.717, 1.165) is 78.5 Å². The van der Waals surface area contributed by atoms with Crippen molar-refractivity contribution < 1.29 is 0 Å². The normalized spacial score (nSPS) is 28.7. The van der Waals surface area contributed by atoms with Gasteiger partial charge in [0.1, 0.15) is 5.82 Å². The number of nitrogens with two attached hydrogens (primary N) is 1. The summed E-state index contributed by atoms with van der Waals surface area (Å²) in [4.78, 5) is 18.8. The summed E-state index contributed by atoms with van der Waals surface area (Å²) >= 11 is 0. The van der Waals surface area contributed by atoms with Crippen LogP contribution in [0.3, 0.4) is 0 Å². The van der Waals surface area contributed by atoms with E-state index in [1.54, 1.807) is 0 Å². The predicted molar refractivity (Wildman–Crippen MR) is 119 cm³/mol. The molecule has 1 saturated heterocycles. The molecular weight excluding hydrogens is 388 g/mol. The summed E-state index contributed by atoms with van der Waals surface area (Å²) in [5.41, 5.74) is 10.8. The first-order chi connectivity index (χ1) is 15.2. The van der Waals surface area contributed by atoms with Crippen LogP contribution in [-0.2, 0) is 6.42 Å². The van der Waals surface area contributed by atoms with Crippen molar-refractivity contribution in [1.29, 1.82) is 0 Å². The Balaban J connectivity index is 1.15. The molecule has 4 aliphatic rings. The summed E-state index contributed by atoms with van der Waals surface area (Å²) < 4.78 is 0. The quantitative estimate of drug-likeness (QED) is 0.662. The minimum atomic E-state index is 0.373. The highest BCUT2D eigenvalue weighted by Crippen LogP contribution is 2.62. The molecule has 0 bridgehead atoms. The molecule has 0 amide bonds. The lowest BCUT2D eigenvalue weighted by Crippen LogP contribution is -2.48. The molecule has 0 aromatic carbocycles. The van der Waals surface area contributed by atoms with Crippen LogP contribution in [0.2, 0.25) is 0 Å². The lowest BCUT2D eigenvalue weighted by molar-refractivity contribution is 0.172. The summed E-state index contributed by atoms with van der Waals surface area (Å²) in [5.74, 6) is 3.50. The maximum Gasteiger partial charge on any atom is 0.183 e. The Morgan fingerprint density at radius 2 is 2.06 bits per heavy atom. The van der Waals surface area contributed by atoms with Crippen LogP contribution in [-0.4, -0.2) is 50.8 Å². The van der Waals surface area contributed by atoms with E-state index in [0.29, 0.717) is 11.5 Å². The molecule has 2 aliphatic carbocycles. The van der Waals surface area contributed by atoms with Gasteiger partial charge in [-0.25, -0.2) is 9.97 Å². The highest BCUT2D eigenvalue weighted by atomic mass is 15.3. The maximum absolute atomic E-state index is 6.63. The molecule has 3 N–H and O–H groups in total. The van der Waals surface area contributed by atoms with Crippen LogP contribution < -0.4 is 15.5 Å². The lowest BCUT2D eigenvalue weighted by atomic mass is 9.72. The number of rotatable bonds is 2. The number of aryl methyl sites for hydroxylation is 1. The van der Waals surface area contributed by atoms with Crippen LogP contribution >= 0.6 is 0 Å². The number of aromatic amines is 1. The van der Waals surface area contributed by atoms with Crippen molar-refractivity contribution in [2.24, 2.45) is 23.0 Å². The number of H-pyrrole nitrogens is 1. The number of hydrogen-bond acceptors (Lipinski definition) is 7. The molecule has 2 unspecified atom stereocenters. The Morgan fingerprint density at radius 1 is 1.16 bits per heavy atom. The van der Waals surface area contributed by atoms with Crippen molar-refractivity contribution in [2.75, 3.05) is 29.4 Å². The summed E-state index contributed by atoms with van der Waals surface area (Å²) in [6.07, 6.45) is 10.9. The highest BCUT2D eigenvalue weighted by molar-refractivity contribution is 5.87. The van der Waals surface area contributed by atoms with Gasteiger partial charge in [-0.15, -0.1) is 0 Å². The molecule has 3 aromatic rings. The number of hydrogen-bond donors (Lipinski definition) is 2. The van der Waals surface area contributed by atoms with E-state index in [2.05, 4.69) is 31.0 Å². The third-order valence-electron chi connectivity index (χ3n) is 8.34. The number of fused-ring (bicyclic) bond motifs is 3. The number of nitrogens with zero attached hydrogens (tertiary/aromatic N) is 6. The summed E-state index contributed by atoms with van der Waals surface area (Å²) in [5, 5.41) is 7.73. The van der Waals surface area contributed by atoms with Gasteiger partial charge in [-0.1, -0.05) is 0 Å². The molecule has 3 atom stereocenters. The van der Waals surface area contributed by atoms with Gasteiger partial charge in [-0.05, 0) is 67.9 Å². The highest BCUT2D eigenvalue weighted by Gasteiger charge is 2.59. The van der Waals surface area contributed by atoms with Crippen LogP contribution in [0.1, 0.15) is 37.8 Å². The summed E-state index contributed by atoms with van der Waals surface area (Å²) in [7, 11) is 0. The molecule has 1 spiro atoms. The Morgan fingerprint density at radius 3 is 2.90 bits per heavy atom. The van der Waals surface area contributed by atoms with Gasteiger partial charge in [0.05, 0.1) is 17.6 Å². The topological polar surface area (TPSA) is 99.9 Å². The van der Waals surface area contributed by atoms with E-state index in [4.69, 9.17) is 15.7 Å². The number of pyridine rings is 1. The molecule has 31 heavy (non-hydrogen) atoms. The Kier molecular flexibility index (Phi) is 3.69. The van der Waals surface area contributed by atoms with Gasteiger partial charge in [0.25, 0.3) is 0 Å². The van der Waals surface area contributed by atoms with E-state index < -0.39 is 0 Å². The zero-order valence-corrected chi connectivity index (χ0v) is 17.7. The van der Waals surface area contributed by atoms with E-state index in [1.807, 2.05) is 18.5 Å². The molecule has 2 aliphatic heterocycles. The first kappa shape index (κ1) is 17.9. The number of nitrogens with one attached hydrogen (secondary N) is 1. The van der Waals surface area contributed by atoms with E-state index in [9.17, 15) is 0 Å². The molecule has 0 radical (unpaired) electrons. The maximum atomic E-state index is 6.63. The van der Waals surface area contributed by atoms with Gasteiger partial charge in [0.2, 0.25) is 0 Å². The van der Waals surface area contributed by atoms with Crippen LogP contribution in [0.15, 0.2) is 24.5 Å². The second-order valence-corrected chi connectivity index (χ2v) is 9.94. The average Bonchev–Trinajstić information content (AvgIpc) is 3.36. The SMILES string of the molecule is NC1[C@@H]2CC2CC12CCN(c1cnc3c(N4CCCc5ncccc54)n[nH]c3n1)CC2. The van der Waals surface area contributed by atoms with Crippen molar-refractivity contribution in [3.05, 3.63) is 30.2 Å². The molecule has 5 heterocycles. The fourth-order valence-corrected chi connectivity index (χ4v) is 6.51. The monoisotopic (exact) mass is 416 g/mol.